The predicted octanol–water partition coefficient (Wildman–Crippen LogP) is 3.60. The highest BCUT2D eigenvalue weighted by Gasteiger charge is 2.84. The highest BCUT2D eigenvalue weighted by atomic mass is 16.7. The maximum Gasteiger partial charge on any atom is 0.336 e. The van der Waals surface area contributed by atoms with Gasteiger partial charge in [-0.05, 0) is 58.8 Å². The molecule has 3 fully saturated rings. The number of allylic oxidation sites excluding steroid dienone is 2. The molecule has 7 atom stereocenters. The van der Waals surface area contributed by atoms with Gasteiger partial charge in [0.05, 0.1) is 6.10 Å². The molecule has 2 heterocycles. The quantitative estimate of drug-likeness (QED) is 0.326. The van der Waals surface area contributed by atoms with Crippen molar-refractivity contribution in [1.82, 2.24) is 0 Å². The summed E-state index contributed by atoms with van der Waals surface area (Å²) in [6.45, 7) is 15.5. The Hall–Kier alpha value is -1.92. The van der Waals surface area contributed by atoms with Crippen LogP contribution < -0.4 is 0 Å². The van der Waals surface area contributed by atoms with Crippen LogP contribution >= 0.6 is 0 Å². The minimum absolute atomic E-state index is 0.169. The molecular weight excluding hydrogens is 384 g/mol. The predicted molar refractivity (Wildman–Crippen MR) is 110 cm³/mol. The molecule has 0 aromatic heterocycles. The maximum absolute atomic E-state index is 12.7. The molecule has 0 bridgehead atoms. The van der Waals surface area contributed by atoms with Crippen LogP contribution in [0.4, 0.5) is 0 Å². The SMILES string of the molecule is C=C(C)C[C@H]1C[C@H]2O[C@]23[C@@H](OC(=O)/C(C)=C\C)[C@@]2(O)OC(=O)C(C)=C2C[C@]3(C)[C@H]1C. The average molecular weight is 417 g/mol. The molecule has 4 rings (SSSR count). The summed E-state index contributed by atoms with van der Waals surface area (Å²) in [5, 5.41) is 11.6. The van der Waals surface area contributed by atoms with E-state index in [1.807, 2.05) is 6.92 Å². The molecule has 6 heteroatoms. The van der Waals surface area contributed by atoms with Crippen molar-refractivity contribution >= 4 is 11.9 Å². The van der Waals surface area contributed by atoms with E-state index in [1.54, 1.807) is 26.8 Å². The first-order chi connectivity index (χ1) is 13.9. The van der Waals surface area contributed by atoms with Crippen molar-refractivity contribution in [2.75, 3.05) is 0 Å². The third-order valence-corrected chi connectivity index (χ3v) is 8.20. The minimum atomic E-state index is -1.99. The number of esters is 2. The van der Waals surface area contributed by atoms with Gasteiger partial charge >= 0.3 is 11.9 Å². The zero-order valence-electron chi connectivity index (χ0n) is 18.7. The van der Waals surface area contributed by atoms with Crippen LogP contribution in [0.3, 0.4) is 0 Å². The Morgan fingerprint density at radius 3 is 2.67 bits per heavy atom. The largest absolute Gasteiger partial charge is 0.448 e. The van der Waals surface area contributed by atoms with Gasteiger partial charge in [0, 0.05) is 22.1 Å². The molecule has 2 aliphatic heterocycles. The Balaban J connectivity index is 1.82. The number of fused-ring (bicyclic) bond motifs is 1. The van der Waals surface area contributed by atoms with Gasteiger partial charge in [-0.1, -0.05) is 25.5 Å². The van der Waals surface area contributed by atoms with Gasteiger partial charge in [-0.15, -0.1) is 6.58 Å². The van der Waals surface area contributed by atoms with E-state index in [0.29, 0.717) is 29.1 Å². The summed E-state index contributed by atoms with van der Waals surface area (Å²) >= 11 is 0. The lowest BCUT2D eigenvalue weighted by atomic mass is 9.49. The van der Waals surface area contributed by atoms with Crippen LogP contribution in [0.2, 0.25) is 0 Å². The Kier molecular flexibility index (Phi) is 4.65. The highest BCUT2D eigenvalue weighted by Crippen LogP contribution is 2.72. The molecule has 4 aliphatic rings. The van der Waals surface area contributed by atoms with Gasteiger partial charge in [0.25, 0.3) is 5.79 Å². The van der Waals surface area contributed by atoms with E-state index >= 15 is 0 Å². The third-order valence-electron chi connectivity index (χ3n) is 8.20. The molecule has 164 valence electrons. The van der Waals surface area contributed by atoms with Crippen molar-refractivity contribution in [2.45, 2.75) is 84.4 Å². The van der Waals surface area contributed by atoms with Crippen molar-refractivity contribution in [3.63, 3.8) is 0 Å². The molecule has 30 heavy (non-hydrogen) atoms. The first kappa shape index (κ1) is 21.3. The number of carbonyl (C=O) groups excluding carboxylic acids is 2. The van der Waals surface area contributed by atoms with Gasteiger partial charge in [-0.25, -0.2) is 9.59 Å². The molecule has 2 saturated carbocycles. The fraction of sp³-hybridized carbons (Fsp3) is 0.667. The second-order valence-electron chi connectivity index (χ2n) is 9.89. The van der Waals surface area contributed by atoms with Gasteiger partial charge in [0.15, 0.2) is 0 Å². The van der Waals surface area contributed by atoms with E-state index in [-0.39, 0.29) is 12.0 Å². The lowest BCUT2D eigenvalue weighted by molar-refractivity contribution is -0.264. The summed E-state index contributed by atoms with van der Waals surface area (Å²) in [5.41, 5.74) is 1.14. The van der Waals surface area contributed by atoms with Crippen LogP contribution in [-0.4, -0.2) is 40.6 Å². The Bertz CT molecular complexity index is 899. The zero-order valence-corrected chi connectivity index (χ0v) is 18.7. The standard InChI is InChI=1S/C24H32O6/c1-8-13(4)19(25)28-21-23-18(29-23)10-16(9-12(2)3)15(6)22(23,7)11-17-14(5)20(26)30-24(17,21)27/h8,15-16,18,21,27H,2,9-11H2,1,3-7H3/b13-8-/t15-,16-,18+,21+,22+,23-,24-/m0/s1. The lowest BCUT2D eigenvalue weighted by Gasteiger charge is -2.56. The van der Waals surface area contributed by atoms with Gasteiger partial charge in [-0.2, -0.15) is 0 Å². The number of epoxide rings is 1. The first-order valence-corrected chi connectivity index (χ1v) is 10.7. The molecule has 0 amide bonds. The summed E-state index contributed by atoms with van der Waals surface area (Å²) in [6.07, 6.45) is 2.53. The molecule has 0 aromatic carbocycles. The summed E-state index contributed by atoms with van der Waals surface area (Å²) in [4.78, 5) is 25.2. The number of rotatable bonds is 4. The van der Waals surface area contributed by atoms with E-state index in [9.17, 15) is 14.7 Å². The molecule has 1 spiro atoms. The number of ether oxygens (including phenoxy) is 3. The maximum atomic E-state index is 12.7. The van der Waals surface area contributed by atoms with Crippen LogP contribution in [0.15, 0.2) is 34.9 Å². The van der Waals surface area contributed by atoms with Crippen molar-refractivity contribution in [3.8, 4) is 0 Å². The summed E-state index contributed by atoms with van der Waals surface area (Å²) < 4.78 is 17.7. The lowest BCUT2D eigenvalue weighted by Crippen LogP contribution is -2.68. The Morgan fingerprint density at radius 1 is 1.40 bits per heavy atom. The highest BCUT2D eigenvalue weighted by molar-refractivity contribution is 5.93. The van der Waals surface area contributed by atoms with Gasteiger partial charge < -0.3 is 19.3 Å². The monoisotopic (exact) mass is 416 g/mol. The fourth-order valence-electron chi connectivity index (χ4n) is 6.10. The van der Waals surface area contributed by atoms with Gasteiger partial charge in [0.2, 0.25) is 6.10 Å². The van der Waals surface area contributed by atoms with Crippen molar-refractivity contribution in [2.24, 2.45) is 17.3 Å². The van der Waals surface area contributed by atoms with E-state index in [4.69, 9.17) is 14.2 Å². The molecule has 0 radical (unpaired) electrons. The van der Waals surface area contributed by atoms with Crippen LogP contribution in [0, 0.1) is 17.3 Å². The average Bonchev–Trinajstić information content (AvgIpc) is 3.35. The molecule has 2 aliphatic carbocycles. The van der Waals surface area contributed by atoms with E-state index < -0.39 is 34.8 Å². The van der Waals surface area contributed by atoms with E-state index in [0.717, 1.165) is 18.4 Å². The number of carbonyl (C=O) groups is 2. The first-order valence-electron chi connectivity index (χ1n) is 10.7. The smallest absolute Gasteiger partial charge is 0.336 e. The summed E-state index contributed by atoms with van der Waals surface area (Å²) in [5.74, 6) is -2.52. The fourth-order valence-corrected chi connectivity index (χ4v) is 6.10. The van der Waals surface area contributed by atoms with E-state index in [1.165, 1.54) is 0 Å². The van der Waals surface area contributed by atoms with Crippen LogP contribution in [0.5, 0.6) is 0 Å². The van der Waals surface area contributed by atoms with Gasteiger partial charge in [-0.3, -0.25) is 0 Å². The third kappa shape index (κ3) is 2.56. The normalized spacial score (nSPS) is 44.6. The minimum Gasteiger partial charge on any atom is -0.448 e. The van der Waals surface area contributed by atoms with Crippen LogP contribution in [0.1, 0.15) is 60.8 Å². The van der Waals surface area contributed by atoms with E-state index in [2.05, 4.69) is 20.4 Å². The second-order valence-corrected chi connectivity index (χ2v) is 9.89. The summed E-state index contributed by atoms with van der Waals surface area (Å²) in [6, 6.07) is 0. The summed E-state index contributed by atoms with van der Waals surface area (Å²) in [7, 11) is 0. The zero-order chi connectivity index (χ0) is 22.2. The number of aliphatic hydroxyl groups is 1. The Labute approximate surface area is 177 Å². The molecule has 6 nitrogen and oxygen atoms in total. The van der Waals surface area contributed by atoms with Crippen molar-refractivity contribution < 1.29 is 28.9 Å². The molecule has 1 N–H and O–H groups in total. The second kappa shape index (κ2) is 6.54. The van der Waals surface area contributed by atoms with Crippen molar-refractivity contribution in [1.29, 1.82) is 0 Å². The molecular formula is C24H32O6. The topological polar surface area (TPSA) is 85.4 Å². The van der Waals surface area contributed by atoms with Crippen molar-refractivity contribution in [3.05, 3.63) is 34.9 Å². The Morgan fingerprint density at radius 2 is 2.07 bits per heavy atom. The van der Waals surface area contributed by atoms with Crippen LogP contribution in [-0.2, 0) is 23.8 Å². The molecule has 1 saturated heterocycles. The number of hydrogen-bond donors (Lipinski definition) is 1. The van der Waals surface area contributed by atoms with Gasteiger partial charge in [0.1, 0.15) is 5.60 Å². The number of hydrogen-bond acceptors (Lipinski definition) is 6. The molecule has 0 aromatic rings. The van der Waals surface area contributed by atoms with Crippen LogP contribution in [0.25, 0.3) is 0 Å². The molecule has 0 unspecified atom stereocenters.